The van der Waals surface area contributed by atoms with Crippen molar-refractivity contribution in [3.63, 3.8) is 0 Å². The van der Waals surface area contributed by atoms with E-state index in [1.165, 1.54) is 0 Å². The average molecular weight is 268 g/mol. The maximum Gasteiger partial charge on any atom is 0.158 e. The van der Waals surface area contributed by atoms with Crippen LogP contribution in [-0.4, -0.2) is 47.9 Å². The smallest absolute Gasteiger partial charge is 0.158 e. The summed E-state index contributed by atoms with van der Waals surface area (Å²) in [6, 6.07) is 1.87. The Balaban J connectivity index is 3.04. The van der Waals surface area contributed by atoms with E-state index in [9.17, 15) is 5.11 Å². The molecule has 108 valence electrons. The molecule has 0 aliphatic rings. The summed E-state index contributed by atoms with van der Waals surface area (Å²) in [4.78, 5) is 10.8. The second-order valence-electron chi connectivity index (χ2n) is 5.04. The number of likely N-dealkylation sites (N-methyl/N-ethyl adjacent to an activating group) is 1. The van der Waals surface area contributed by atoms with Crippen LogP contribution < -0.4 is 10.2 Å². The minimum atomic E-state index is -0.776. The van der Waals surface area contributed by atoms with Gasteiger partial charge < -0.3 is 20.1 Å². The van der Waals surface area contributed by atoms with E-state index in [4.69, 9.17) is 4.74 Å². The van der Waals surface area contributed by atoms with Crippen LogP contribution >= 0.6 is 0 Å². The molecule has 0 unspecified atom stereocenters. The zero-order valence-electron chi connectivity index (χ0n) is 12.4. The van der Waals surface area contributed by atoms with Crippen molar-refractivity contribution in [2.75, 3.05) is 37.5 Å². The van der Waals surface area contributed by atoms with Crippen molar-refractivity contribution in [1.29, 1.82) is 0 Å². The third-order valence-corrected chi connectivity index (χ3v) is 2.57. The van der Waals surface area contributed by atoms with Gasteiger partial charge in [-0.15, -0.1) is 0 Å². The lowest BCUT2D eigenvalue weighted by molar-refractivity contribution is 0.0873. The van der Waals surface area contributed by atoms with Crippen LogP contribution in [0.1, 0.15) is 26.6 Å². The van der Waals surface area contributed by atoms with Gasteiger partial charge in [-0.2, -0.15) is 0 Å². The number of hydrogen-bond donors (Lipinski definition) is 2. The van der Waals surface area contributed by atoms with Gasteiger partial charge in [0.2, 0.25) is 0 Å². The van der Waals surface area contributed by atoms with E-state index in [-0.39, 0.29) is 0 Å². The van der Waals surface area contributed by atoms with Crippen LogP contribution in [0.4, 0.5) is 11.6 Å². The van der Waals surface area contributed by atoms with Gasteiger partial charge in [-0.25, -0.2) is 9.97 Å². The first kappa shape index (κ1) is 15.7. The molecule has 0 spiro atoms. The molecule has 0 aromatic carbocycles. The predicted molar refractivity (Wildman–Crippen MR) is 76.5 cm³/mol. The maximum absolute atomic E-state index is 9.95. The lowest BCUT2D eigenvalue weighted by Gasteiger charge is -2.29. The second-order valence-corrected chi connectivity index (χ2v) is 5.04. The molecule has 6 heteroatoms. The van der Waals surface area contributed by atoms with Crippen LogP contribution in [0.15, 0.2) is 6.07 Å². The van der Waals surface area contributed by atoms with Gasteiger partial charge in [0.15, 0.2) is 5.82 Å². The fourth-order valence-corrected chi connectivity index (χ4v) is 1.79. The summed E-state index contributed by atoms with van der Waals surface area (Å²) in [5, 5.41) is 13.0. The van der Waals surface area contributed by atoms with Gasteiger partial charge >= 0.3 is 0 Å². The van der Waals surface area contributed by atoms with Crippen molar-refractivity contribution >= 4 is 11.6 Å². The Hall–Kier alpha value is -1.40. The zero-order chi connectivity index (χ0) is 14.5. The molecule has 0 saturated carbocycles. The Morgan fingerprint density at radius 2 is 2.11 bits per heavy atom. The van der Waals surface area contributed by atoms with Gasteiger partial charge in [-0.05, 0) is 20.8 Å². The van der Waals surface area contributed by atoms with Gasteiger partial charge in [0.1, 0.15) is 18.2 Å². The standard InChI is InChI=1S/C13H24N4O2/c1-6-17(9-13(2,3)18)12-7-10(14-4)15-11(16-12)8-19-5/h7,18H,6,8-9H2,1-5H3,(H,14,15,16). The molecule has 0 saturated heterocycles. The second kappa shape index (κ2) is 6.68. The maximum atomic E-state index is 9.95. The molecule has 1 aromatic rings. The molecule has 0 atom stereocenters. The Labute approximate surface area is 114 Å². The van der Waals surface area contributed by atoms with Crippen LogP contribution in [0.3, 0.4) is 0 Å². The SMILES string of the molecule is CCN(CC(C)(C)O)c1cc(NC)nc(COC)n1. The highest BCUT2D eigenvalue weighted by Gasteiger charge is 2.19. The van der Waals surface area contributed by atoms with Gasteiger partial charge in [0.05, 0.1) is 5.60 Å². The average Bonchev–Trinajstić information content (AvgIpc) is 2.34. The van der Waals surface area contributed by atoms with Gasteiger partial charge in [0, 0.05) is 33.3 Å². The van der Waals surface area contributed by atoms with E-state index in [0.29, 0.717) is 19.0 Å². The van der Waals surface area contributed by atoms with E-state index in [0.717, 1.165) is 18.2 Å². The Morgan fingerprint density at radius 3 is 2.58 bits per heavy atom. The molecule has 19 heavy (non-hydrogen) atoms. The van der Waals surface area contributed by atoms with Crippen molar-refractivity contribution in [3.8, 4) is 0 Å². The van der Waals surface area contributed by atoms with E-state index < -0.39 is 5.60 Å². The molecule has 1 heterocycles. The van der Waals surface area contributed by atoms with Crippen LogP contribution in [0.2, 0.25) is 0 Å². The zero-order valence-corrected chi connectivity index (χ0v) is 12.4. The number of nitrogens with one attached hydrogen (secondary N) is 1. The van der Waals surface area contributed by atoms with Crippen LogP contribution in [0, 0.1) is 0 Å². The number of aliphatic hydroxyl groups is 1. The third-order valence-electron chi connectivity index (χ3n) is 2.57. The van der Waals surface area contributed by atoms with Crippen molar-refractivity contribution in [2.45, 2.75) is 33.0 Å². The highest BCUT2D eigenvalue weighted by Crippen LogP contribution is 2.18. The molecule has 0 amide bonds. The minimum Gasteiger partial charge on any atom is -0.389 e. The molecule has 0 aliphatic heterocycles. The number of aromatic nitrogens is 2. The summed E-state index contributed by atoms with van der Waals surface area (Å²) in [6.07, 6.45) is 0. The third kappa shape index (κ3) is 5.00. The first-order valence-electron chi connectivity index (χ1n) is 6.41. The number of methoxy groups -OCH3 is 1. The van der Waals surface area contributed by atoms with Crippen LogP contribution in [-0.2, 0) is 11.3 Å². The molecule has 0 fully saturated rings. The van der Waals surface area contributed by atoms with Crippen molar-refractivity contribution in [2.24, 2.45) is 0 Å². The monoisotopic (exact) mass is 268 g/mol. The lowest BCUT2D eigenvalue weighted by atomic mass is 10.1. The molecule has 1 rings (SSSR count). The summed E-state index contributed by atoms with van der Waals surface area (Å²) in [5.74, 6) is 2.15. The molecular formula is C13H24N4O2. The fraction of sp³-hybridized carbons (Fsp3) is 0.692. The molecular weight excluding hydrogens is 244 g/mol. The van der Waals surface area contributed by atoms with E-state index in [1.54, 1.807) is 21.0 Å². The molecule has 0 aliphatic carbocycles. The normalized spacial score (nSPS) is 11.5. The highest BCUT2D eigenvalue weighted by molar-refractivity contribution is 5.49. The van der Waals surface area contributed by atoms with Crippen LogP contribution in [0.5, 0.6) is 0 Å². The van der Waals surface area contributed by atoms with E-state index in [2.05, 4.69) is 15.3 Å². The Bertz CT molecular complexity index is 404. The molecule has 0 bridgehead atoms. The van der Waals surface area contributed by atoms with E-state index >= 15 is 0 Å². The van der Waals surface area contributed by atoms with Gasteiger partial charge in [-0.3, -0.25) is 0 Å². The number of hydrogen-bond acceptors (Lipinski definition) is 6. The summed E-state index contributed by atoms with van der Waals surface area (Å²) < 4.78 is 5.08. The molecule has 6 nitrogen and oxygen atoms in total. The summed E-state index contributed by atoms with van der Waals surface area (Å²) in [5.41, 5.74) is -0.776. The molecule has 2 N–H and O–H groups in total. The summed E-state index contributed by atoms with van der Waals surface area (Å²) in [6.45, 7) is 7.23. The number of ether oxygens (including phenoxy) is 1. The topological polar surface area (TPSA) is 70.5 Å². The van der Waals surface area contributed by atoms with Crippen LogP contribution in [0.25, 0.3) is 0 Å². The highest BCUT2D eigenvalue weighted by atomic mass is 16.5. The number of rotatable bonds is 7. The van der Waals surface area contributed by atoms with Gasteiger partial charge in [0.25, 0.3) is 0 Å². The largest absolute Gasteiger partial charge is 0.389 e. The predicted octanol–water partition coefficient (Wildman–Crippen LogP) is 1.26. The van der Waals surface area contributed by atoms with Gasteiger partial charge in [-0.1, -0.05) is 0 Å². The Morgan fingerprint density at radius 1 is 1.42 bits per heavy atom. The minimum absolute atomic E-state index is 0.364. The molecule has 0 radical (unpaired) electrons. The number of nitrogens with zero attached hydrogens (tertiary/aromatic N) is 3. The summed E-state index contributed by atoms with van der Waals surface area (Å²) in [7, 11) is 3.43. The lowest BCUT2D eigenvalue weighted by Crippen LogP contribution is -2.39. The van der Waals surface area contributed by atoms with Crippen molar-refractivity contribution < 1.29 is 9.84 Å². The number of anilines is 2. The summed E-state index contributed by atoms with van der Waals surface area (Å²) >= 11 is 0. The first-order chi connectivity index (χ1) is 8.89. The Kier molecular flexibility index (Phi) is 5.50. The quantitative estimate of drug-likeness (QED) is 0.776. The molecule has 1 aromatic heterocycles. The fourth-order valence-electron chi connectivity index (χ4n) is 1.79. The van der Waals surface area contributed by atoms with Crippen molar-refractivity contribution in [3.05, 3.63) is 11.9 Å². The first-order valence-corrected chi connectivity index (χ1v) is 6.41. The van der Waals surface area contributed by atoms with E-state index in [1.807, 2.05) is 24.9 Å². The van der Waals surface area contributed by atoms with Crippen molar-refractivity contribution in [1.82, 2.24) is 9.97 Å².